The van der Waals surface area contributed by atoms with Gasteiger partial charge in [0.1, 0.15) is 5.78 Å². The quantitative estimate of drug-likeness (QED) is 0.831. The topological polar surface area (TPSA) is 62.8 Å². The molecule has 0 unspecified atom stereocenters. The first-order chi connectivity index (χ1) is 7.70. The first-order valence-corrected chi connectivity index (χ1v) is 5.83. The number of H-pyrrole nitrogens is 1. The van der Waals surface area contributed by atoms with E-state index in [1.54, 1.807) is 0 Å². The van der Waals surface area contributed by atoms with E-state index in [0.29, 0.717) is 18.5 Å². The minimum Gasteiger partial charge on any atom is -0.310 e. The summed E-state index contributed by atoms with van der Waals surface area (Å²) >= 11 is 0. The van der Waals surface area contributed by atoms with E-state index in [2.05, 4.69) is 9.97 Å². The summed E-state index contributed by atoms with van der Waals surface area (Å²) in [7, 11) is 0. The molecular formula is C12H16N2O2. The predicted molar refractivity (Wildman–Crippen MR) is 60.5 cm³/mol. The molecule has 1 N–H and O–H groups in total. The molecule has 0 bridgehead atoms. The Hall–Kier alpha value is -1.45. The number of carbonyl (C=O) groups excluding carboxylic acids is 1. The Morgan fingerprint density at radius 1 is 1.38 bits per heavy atom. The fraction of sp³-hybridized carbons (Fsp3) is 0.583. The molecule has 1 heterocycles. The second-order valence-corrected chi connectivity index (χ2v) is 4.22. The Morgan fingerprint density at radius 3 is 2.88 bits per heavy atom. The van der Waals surface area contributed by atoms with Crippen molar-refractivity contribution >= 4 is 5.78 Å². The lowest BCUT2D eigenvalue weighted by Gasteiger charge is -2.17. The molecule has 2 rings (SSSR count). The predicted octanol–water partition coefficient (Wildman–Crippen LogP) is 1.17. The molecule has 0 spiro atoms. The molecule has 0 saturated carbocycles. The number of fused-ring (bicyclic) bond motifs is 1. The SMILES string of the molecule is CCC(=O)Cc1nc(=O)[nH]c2c1CCCC2. The monoisotopic (exact) mass is 220 g/mol. The Balaban J connectivity index is 2.39. The maximum Gasteiger partial charge on any atom is 0.345 e. The van der Waals surface area contributed by atoms with Crippen LogP contribution < -0.4 is 5.69 Å². The van der Waals surface area contributed by atoms with Gasteiger partial charge in [-0.05, 0) is 31.2 Å². The molecule has 86 valence electrons. The highest BCUT2D eigenvalue weighted by molar-refractivity contribution is 5.80. The summed E-state index contributed by atoms with van der Waals surface area (Å²) in [4.78, 5) is 29.5. The number of Topliss-reactive ketones (excluding diaryl/α,β-unsaturated/α-hetero) is 1. The molecule has 0 atom stereocenters. The molecule has 4 nitrogen and oxygen atoms in total. The van der Waals surface area contributed by atoms with Gasteiger partial charge in [0.05, 0.1) is 5.69 Å². The van der Waals surface area contributed by atoms with Crippen LogP contribution in [-0.4, -0.2) is 15.8 Å². The molecule has 0 radical (unpaired) electrons. The van der Waals surface area contributed by atoms with Crippen LogP contribution >= 0.6 is 0 Å². The van der Waals surface area contributed by atoms with Gasteiger partial charge in [0.2, 0.25) is 0 Å². The molecule has 0 saturated heterocycles. The van der Waals surface area contributed by atoms with Crippen LogP contribution in [0, 0.1) is 0 Å². The highest BCUT2D eigenvalue weighted by Crippen LogP contribution is 2.20. The lowest BCUT2D eigenvalue weighted by molar-refractivity contribution is -0.118. The number of aromatic nitrogens is 2. The first-order valence-electron chi connectivity index (χ1n) is 5.83. The van der Waals surface area contributed by atoms with E-state index in [1.807, 2.05) is 6.92 Å². The zero-order valence-electron chi connectivity index (χ0n) is 9.51. The lowest BCUT2D eigenvalue weighted by atomic mass is 9.93. The van der Waals surface area contributed by atoms with Gasteiger partial charge in [0.25, 0.3) is 0 Å². The average Bonchev–Trinajstić information content (AvgIpc) is 2.28. The molecule has 0 aromatic carbocycles. The summed E-state index contributed by atoms with van der Waals surface area (Å²) in [6, 6.07) is 0. The third-order valence-electron chi connectivity index (χ3n) is 3.07. The summed E-state index contributed by atoms with van der Waals surface area (Å²) in [6.45, 7) is 1.84. The van der Waals surface area contributed by atoms with E-state index in [4.69, 9.17) is 0 Å². The van der Waals surface area contributed by atoms with Crippen molar-refractivity contribution in [3.05, 3.63) is 27.4 Å². The van der Waals surface area contributed by atoms with Crippen LogP contribution in [0.2, 0.25) is 0 Å². The fourth-order valence-corrected chi connectivity index (χ4v) is 2.17. The highest BCUT2D eigenvalue weighted by atomic mass is 16.1. The van der Waals surface area contributed by atoms with E-state index in [-0.39, 0.29) is 11.5 Å². The van der Waals surface area contributed by atoms with Crippen LogP contribution in [0.3, 0.4) is 0 Å². The Labute approximate surface area is 94.1 Å². The van der Waals surface area contributed by atoms with Gasteiger partial charge in [-0.3, -0.25) is 4.79 Å². The van der Waals surface area contributed by atoms with Crippen LogP contribution in [0.1, 0.15) is 43.1 Å². The summed E-state index contributed by atoms with van der Waals surface area (Å²) in [5, 5.41) is 0. The number of hydrogen-bond donors (Lipinski definition) is 1. The van der Waals surface area contributed by atoms with Gasteiger partial charge in [0.15, 0.2) is 0 Å². The smallest absolute Gasteiger partial charge is 0.310 e. The Bertz CT molecular complexity index is 463. The van der Waals surface area contributed by atoms with Crippen molar-refractivity contribution < 1.29 is 4.79 Å². The lowest BCUT2D eigenvalue weighted by Crippen LogP contribution is -2.22. The highest BCUT2D eigenvalue weighted by Gasteiger charge is 2.17. The number of nitrogens with zero attached hydrogens (tertiary/aromatic N) is 1. The van der Waals surface area contributed by atoms with Gasteiger partial charge in [0, 0.05) is 18.5 Å². The molecule has 4 heteroatoms. The van der Waals surface area contributed by atoms with E-state index in [9.17, 15) is 9.59 Å². The van der Waals surface area contributed by atoms with E-state index in [1.165, 1.54) is 0 Å². The van der Waals surface area contributed by atoms with E-state index >= 15 is 0 Å². The van der Waals surface area contributed by atoms with Crippen molar-refractivity contribution in [3.63, 3.8) is 0 Å². The van der Waals surface area contributed by atoms with Crippen molar-refractivity contribution in [2.75, 3.05) is 0 Å². The van der Waals surface area contributed by atoms with E-state index in [0.717, 1.165) is 36.9 Å². The Kier molecular flexibility index (Phi) is 3.17. The minimum absolute atomic E-state index is 0.144. The van der Waals surface area contributed by atoms with Gasteiger partial charge in [-0.2, -0.15) is 4.98 Å². The third kappa shape index (κ3) is 2.21. The maximum absolute atomic E-state index is 11.4. The van der Waals surface area contributed by atoms with Crippen molar-refractivity contribution in [1.82, 2.24) is 9.97 Å². The van der Waals surface area contributed by atoms with Gasteiger partial charge < -0.3 is 4.98 Å². The molecule has 0 fully saturated rings. The van der Waals surface area contributed by atoms with Gasteiger partial charge >= 0.3 is 5.69 Å². The molecule has 16 heavy (non-hydrogen) atoms. The second kappa shape index (κ2) is 4.60. The van der Waals surface area contributed by atoms with Gasteiger partial charge in [-0.1, -0.05) is 6.92 Å². The average molecular weight is 220 g/mol. The molecule has 1 aliphatic rings. The molecular weight excluding hydrogens is 204 g/mol. The largest absolute Gasteiger partial charge is 0.345 e. The number of carbonyl (C=O) groups is 1. The molecule has 0 amide bonds. The molecule has 0 aliphatic heterocycles. The molecule has 1 aliphatic carbocycles. The standard InChI is InChI=1S/C12H16N2O2/c1-2-8(15)7-11-9-5-3-4-6-10(9)13-12(16)14-11/h2-7H2,1H3,(H,13,14,16). The fourth-order valence-electron chi connectivity index (χ4n) is 2.17. The van der Waals surface area contributed by atoms with E-state index < -0.39 is 0 Å². The Morgan fingerprint density at radius 2 is 2.12 bits per heavy atom. The summed E-state index contributed by atoms with van der Waals surface area (Å²) < 4.78 is 0. The van der Waals surface area contributed by atoms with Crippen molar-refractivity contribution in [2.45, 2.75) is 45.4 Å². The molecule has 1 aromatic rings. The zero-order valence-corrected chi connectivity index (χ0v) is 9.51. The number of hydrogen-bond acceptors (Lipinski definition) is 3. The van der Waals surface area contributed by atoms with Crippen LogP contribution in [0.5, 0.6) is 0 Å². The first kappa shape index (κ1) is 11.0. The van der Waals surface area contributed by atoms with Crippen molar-refractivity contribution in [3.8, 4) is 0 Å². The second-order valence-electron chi connectivity index (χ2n) is 4.22. The third-order valence-corrected chi connectivity index (χ3v) is 3.07. The normalized spacial score (nSPS) is 14.6. The number of aryl methyl sites for hydroxylation is 1. The molecule has 1 aromatic heterocycles. The van der Waals surface area contributed by atoms with Crippen molar-refractivity contribution in [1.29, 1.82) is 0 Å². The van der Waals surface area contributed by atoms with Crippen LogP contribution in [-0.2, 0) is 24.1 Å². The number of ketones is 1. The van der Waals surface area contributed by atoms with Crippen molar-refractivity contribution in [2.24, 2.45) is 0 Å². The number of rotatable bonds is 3. The number of aromatic amines is 1. The summed E-state index contributed by atoms with van der Waals surface area (Å²) in [6.07, 6.45) is 4.88. The number of nitrogens with one attached hydrogen (secondary N) is 1. The summed E-state index contributed by atoms with van der Waals surface area (Å²) in [5.41, 5.74) is 2.47. The van der Waals surface area contributed by atoms with Crippen LogP contribution in [0.15, 0.2) is 4.79 Å². The minimum atomic E-state index is -0.320. The maximum atomic E-state index is 11.4. The van der Waals surface area contributed by atoms with Gasteiger partial charge in [-0.15, -0.1) is 0 Å². The summed E-state index contributed by atoms with van der Waals surface area (Å²) in [5.74, 6) is 0.144. The van der Waals surface area contributed by atoms with Crippen LogP contribution in [0.4, 0.5) is 0 Å². The zero-order chi connectivity index (χ0) is 11.5. The van der Waals surface area contributed by atoms with Crippen LogP contribution in [0.25, 0.3) is 0 Å². The van der Waals surface area contributed by atoms with Gasteiger partial charge in [-0.25, -0.2) is 4.79 Å².